The Hall–Kier alpha value is -1.48. The largest absolute Gasteiger partial charge is 0.401 e. The number of hydrogen-bond donors (Lipinski definition) is 3. The summed E-state index contributed by atoms with van der Waals surface area (Å²) in [7, 11) is 0. The molecule has 1 atom stereocenters. The van der Waals surface area contributed by atoms with Crippen molar-refractivity contribution in [1.82, 2.24) is 10.6 Å². The Morgan fingerprint density at radius 3 is 2.43 bits per heavy atom. The Balaban J connectivity index is 1.81. The first-order valence-corrected chi connectivity index (χ1v) is 11.0. The highest BCUT2D eigenvalue weighted by atomic mass is 16.7. The maximum absolute atomic E-state index is 12.6. The van der Waals surface area contributed by atoms with Gasteiger partial charge in [-0.05, 0) is 58.4 Å². The number of imide groups is 1. The van der Waals surface area contributed by atoms with Crippen LogP contribution in [-0.2, 0) is 23.8 Å². The summed E-state index contributed by atoms with van der Waals surface area (Å²) < 4.78 is 16.7. The molecule has 2 rings (SSSR count). The van der Waals surface area contributed by atoms with Crippen LogP contribution in [0.25, 0.3) is 0 Å². The van der Waals surface area contributed by atoms with E-state index in [9.17, 15) is 9.59 Å². The fourth-order valence-electron chi connectivity index (χ4n) is 3.30. The molecule has 8 heteroatoms. The summed E-state index contributed by atoms with van der Waals surface area (Å²) in [5.41, 5.74) is 5.08. The highest BCUT2D eigenvalue weighted by Gasteiger charge is 2.30. The lowest BCUT2D eigenvalue weighted by Gasteiger charge is -2.30. The molecule has 0 aliphatic carbocycles. The highest BCUT2D eigenvalue weighted by Crippen LogP contribution is 2.25. The van der Waals surface area contributed by atoms with Gasteiger partial charge in [0.05, 0.1) is 12.1 Å². The van der Waals surface area contributed by atoms with Crippen molar-refractivity contribution >= 4 is 11.8 Å². The van der Waals surface area contributed by atoms with Gasteiger partial charge >= 0.3 is 0 Å². The molecule has 2 amide bonds. The molecule has 0 aromatic heterocycles. The molecule has 0 bridgehead atoms. The van der Waals surface area contributed by atoms with Crippen molar-refractivity contribution in [1.29, 1.82) is 0 Å². The van der Waals surface area contributed by atoms with Crippen LogP contribution in [0.1, 0.15) is 59.8 Å². The summed E-state index contributed by atoms with van der Waals surface area (Å²) in [6.45, 7) is 10.6. The Labute approximate surface area is 180 Å². The molecule has 30 heavy (non-hydrogen) atoms. The number of ether oxygens (including phenoxy) is 3. The molecule has 2 aliphatic rings. The molecule has 2 saturated heterocycles. The van der Waals surface area contributed by atoms with Gasteiger partial charge in [-0.3, -0.25) is 14.9 Å². The van der Waals surface area contributed by atoms with Crippen molar-refractivity contribution in [2.75, 3.05) is 33.0 Å². The number of hydrogen-bond acceptors (Lipinski definition) is 7. The maximum Gasteiger partial charge on any atom is 0.252 e. The lowest BCUT2D eigenvalue weighted by Crippen LogP contribution is -2.55. The summed E-state index contributed by atoms with van der Waals surface area (Å²) in [4.78, 5) is 25.0. The molecule has 4 N–H and O–H groups in total. The Bertz CT molecular complexity index is 606. The Morgan fingerprint density at radius 2 is 1.80 bits per heavy atom. The van der Waals surface area contributed by atoms with E-state index in [1.54, 1.807) is 13.8 Å². The first-order valence-electron chi connectivity index (χ1n) is 11.0. The summed E-state index contributed by atoms with van der Waals surface area (Å²) in [6, 6.07) is 0. The summed E-state index contributed by atoms with van der Waals surface area (Å²) in [6.07, 6.45) is 6.02. The lowest BCUT2D eigenvalue weighted by molar-refractivity contribution is -0.173. The van der Waals surface area contributed by atoms with Gasteiger partial charge in [0.2, 0.25) is 5.91 Å². The van der Waals surface area contributed by atoms with Crippen molar-refractivity contribution < 1.29 is 23.8 Å². The third kappa shape index (κ3) is 7.98. The van der Waals surface area contributed by atoms with Crippen molar-refractivity contribution in [2.45, 2.75) is 71.6 Å². The van der Waals surface area contributed by atoms with Crippen LogP contribution in [0.2, 0.25) is 0 Å². The SMILES string of the molecule is CC(C)(COC1CCCCO1)C(N)=CC(=O)NC(=O)C(C)(C)NCC1CCOCC1. The minimum absolute atomic E-state index is 0.219. The number of nitrogens with two attached hydrogens (primary N) is 1. The topological polar surface area (TPSA) is 112 Å². The zero-order chi connectivity index (χ0) is 22.2. The van der Waals surface area contributed by atoms with Gasteiger partial charge in [0.15, 0.2) is 6.29 Å². The number of amides is 2. The molecule has 0 aromatic carbocycles. The third-order valence-electron chi connectivity index (χ3n) is 5.81. The molecule has 1 unspecified atom stereocenters. The summed E-state index contributed by atoms with van der Waals surface area (Å²) in [5.74, 6) is -0.431. The Morgan fingerprint density at radius 1 is 1.10 bits per heavy atom. The zero-order valence-electron chi connectivity index (χ0n) is 18.9. The maximum atomic E-state index is 12.6. The fourth-order valence-corrected chi connectivity index (χ4v) is 3.30. The molecule has 172 valence electrons. The first-order chi connectivity index (χ1) is 14.1. The van der Waals surface area contributed by atoms with Crippen LogP contribution in [-0.4, -0.2) is 56.6 Å². The van der Waals surface area contributed by atoms with E-state index in [1.807, 2.05) is 13.8 Å². The quantitative estimate of drug-likeness (QED) is 0.483. The van der Waals surface area contributed by atoms with E-state index >= 15 is 0 Å². The third-order valence-corrected chi connectivity index (χ3v) is 5.81. The van der Waals surface area contributed by atoms with Gasteiger partial charge in [-0.15, -0.1) is 0 Å². The second-order valence-electron chi connectivity index (χ2n) is 9.47. The van der Waals surface area contributed by atoms with Gasteiger partial charge in [0.1, 0.15) is 0 Å². The molecule has 2 fully saturated rings. The number of carbonyl (C=O) groups is 2. The molecule has 0 aromatic rings. The smallest absolute Gasteiger partial charge is 0.252 e. The minimum atomic E-state index is -0.868. The van der Waals surface area contributed by atoms with E-state index in [1.165, 1.54) is 6.08 Å². The summed E-state index contributed by atoms with van der Waals surface area (Å²) in [5, 5.41) is 5.70. The van der Waals surface area contributed by atoms with E-state index in [0.29, 0.717) is 31.4 Å². The van der Waals surface area contributed by atoms with E-state index in [2.05, 4.69) is 10.6 Å². The van der Waals surface area contributed by atoms with E-state index < -0.39 is 16.9 Å². The highest BCUT2D eigenvalue weighted by molar-refractivity contribution is 6.04. The molecular formula is C22H39N3O5. The fraction of sp³-hybridized carbons (Fsp3) is 0.818. The standard InChI is InChI=1S/C22H39N3O5/c1-21(2,15-30-19-7-5-6-10-29-19)17(23)13-18(26)25-20(27)22(3,4)24-14-16-8-11-28-12-9-16/h13,16,19,24H,5-12,14-15,23H2,1-4H3,(H,25,26,27). The van der Waals surface area contributed by atoms with Gasteiger partial charge in [0, 0.05) is 37.0 Å². The molecule has 2 aliphatic heterocycles. The van der Waals surface area contributed by atoms with Crippen LogP contribution >= 0.6 is 0 Å². The number of carbonyl (C=O) groups excluding carboxylic acids is 2. The average molecular weight is 426 g/mol. The Kier molecular flexibility index (Phi) is 9.28. The van der Waals surface area contributed by atoms with Crippen LogP contribution < -0.4 is 16.4 Å². The zero-order valence-corrected chi connectivity index (χ0v) is 18.9. The van der Waals surface area contributed by atoms with Gasteiger partial charge < -0.3 is 25.3 Å². The van der Waals surface area contributed by atoms with Gasteiger partial charge in [-0.1, -0.05) is 13.8 Å². The molecule has 0 radical (unpaired) electrons. The van der Waals surface area contributed by atoms with E-state index in [0.717, 1.165) is 45.3 Å². The van der Waals surface area contributed by atoms with Crippen LogP contribution in [0.15, 0.2) is 11.8 Å². The lowest BCUT2D eigenvalue weighted by atomic mass is 9.90. The summed E-state index contributed by atoms with van der Waals surface area (Å²) >= 11 is 0. The second-order valence-corrected chi connectivity index (χ2v) is 9.47. The predicted octanol–water partition coefficient (Wildman–Crippen LogP) is 1.84. The van der Waals surface area contributed by atoms with Crippen LogP contribution in [0.3, 0.4) is 0 Å². The van der Waals surface area contributed by atoms with Crippen molar-refractivity contribution in [3.05, 3.63) is 11.8 Å². The minimum Gasteiger partial charge on any atom is -0.401 e. The second kappa shape index (κ2) is 11.2. The molecule has 8 nitrogen and oxygen atoms in total. The molecular weight excluding hydrogens is 386 g/mol. The predicted molar refractivity (Wildman–Crippen MR) is 114 cm³/mol. The van der Waals surface area contributed by atoms with E-state index in [4.69, 9.17) is 19.9 Å². The van der Waals surface area contributed by atoms with Gasteiger partial charge in [-0.2, -0.15) is 0 Å². The van der Waals surface area contributed by atoms with Gasteiger partial charge in [0.25, 0.3) is 5.91 Å². The molecule has 2 heterocycles. The van der Waals surface area contributed by atoms with Crippen LogP contribution in [0.5, 0.6) is 0 Å². The molecule has 0 saturated carbocycles. The first kappa shape index (κ1) is 24.8. The monoisotopic (exact) mass is 425 g/mol. The van der Waals surface area contributed by atoms with E-state index in [-0.39, 0.29) is 12.2 Å². The van der Waals surface area contributed by atoms with Crippen LogP contribution in [0.4, 0.5) is 0 Å². The molecule has 0 spiro atoms. The average Bonchev–Trinajstić information content (AvgIpc) is 2.72. The van der Waals surface area contributed by atoms with Crippen molar-refractivity contribution in [2.24, 2.45) is 17.1 Å². The van der Waals surface area contributed by atoms with Crippen LogP contribution in [0, 0.1) is 11.3 Å². The van der Waals surface area contributed by atoms with Gasteiger partial charge in [-0.25, -0.2) is 0 Å². The van der Waals surface area contributed by atoms with Crippen molar-refractivity contribution in [3.63, 3.8) is 0 Å². The number of rotatable bonds is 9. The normalized spacial score (nSPS) is 22.0. The number of nitrogens with one attached hydrogen (secondary N) is 2. The van der Waals surface area contributed by atoms with Crippen molar-refractivity contribution in [3.8, 4) is 0 Å².